The van der Waals surface area contributed by atoms with Crippen molar-refractivity contribution in [3.8, 4) is 0 Å². The van der Waals surface area contributed by atoms with Crippen molar-refractivity contribution >= 4 is 41.5 Å². The number of aliphatic imine (C=N–C) groups is 1. The number of ether oxygens (including phenoxy) is 1. The number of likely N-dealkylation sites (N-methyl/N-ethyl adjacent to an activating group) is 2. The molecule has 1 aromatic carbocycles. The Bertz CT molecular complexity index is 646. The number of carbonyl (C=O) groups excluding carboxylic acids is 1. The predicted octanol–water partition coefficient (Wildman–Crippen LogP) is 2.41. The minimum absolute atomic E-state index is 0. The van der Waals surface area contributed by atoms with Gasteiger partial charge in [-0.2, -0.15) is 0 Å². The molecule has 0 atom stereocenters. The highest BCUT2D eigenvalue weighted by molar-refractivity contribution is 14.0. The quantitative estimate of drug-likeness (QED) is 0.326. The first kappa shape index (κ1) is 25.5. The Labute approximate surface area is 192 Å². The molecule has 0 radical (unpaired) electrons. The molecule has 0 aromatic heterocycles. The summed E-state index contributed by atoms with van der Waals surface area (Å²) < 4.78 is 5.48. The molecular formula is C21H36IN5O2. The molecule has 2 rings (SSSR count). The number of amides is 1. The summed E-state index contributed by atoms with van der Waals surface area (Å²) in [6.07, 6.45) is 0. The highest BCUT2D eigenvalue weighted by Gasteiger charge is 2.17. The maximum absolute atomic E-state index is 12.4. The van der Waals surface area contributed by atoms with Crippen LogP contribution in [0.5, 0.6) is 0 Å². The number of para-hydroxylation sites is 1. The second-order valence-corrected chi connectivity index (χ2v) is 6.82. The molecule has 1 aliphatic rings. The van der Waals surface area contributed by atoms with E-state index in [1.54, 1.807) is 0 Å². The summed E-state index contributed by atoms with van der Waals surface area (Å²) in [7, 11) is 1.91. The first-order valence-corrected chi connectivity index (χ1v) is 10.3. The predicted molar refractivity (Wildman–Crippen MR) is 130 cm³/mol. The minimum Gasteiger partial charge on any atom is -0.378 e. The van der Waals surface area contributed by atoms with Gasteiger partial charge in [0.2, 0.25) is 5.91 Å². The summed E-state index contributed by atoms with van der Waals surface area (Å²) in [4.78, 5) is 23.3. The number of rotatable bonds is 8. The lowest BCUT2D eigenvalue weighted by atomic mass is 10.1. The summed E-state index contributed by atoms with van der Waals surface area (Å²) in [6, 6.07) is 8.39. The molecule has 1 fully saturated rings. The Morgan fingerprint density at radius 2 is 1.83 bits per heavy atom. The van der Waals surface area contributed by atoms with Crippen LogP contribution in [0.3, 0.4) is 0 Å². The average Bonchev–Trinajstić information content (AvgIpc) is 2.72. The molecule has 8 heteroatoms. The van der Waals surface area contributed by atoms with Gasteiger partial charge in [-0.25, -0.2) is 4.99 Å². The van der Waals surface area contributed by atoms with Crippen LogP contribution in [0.2, 0.25) is 0 Å². The number of anilines is 1. The smallest absolute Gasteiger partial charge is 0.242 e. The molecule has 1 N–H and O–H groups in total. The molecule has 1 amide bonds. The molecule has 1 aliphatic heterocycles. The van der Waals surface area contributed by atoms with Gasteiger partial charge in [0.25, 0.3) is 0 Å². The van der Waals surface area contributed by atoms with Gasteiger partial charge < -0.3 is 24.8 Å². The van der Waals surface area contributed by atoms with Gasteiger partial charge in [-0.1, -0.05) is 18.2 Å². The lowest BCUT2D eigenvalue weighted by Crippen LogP contribution is -2.45. The fraction of sp³-hybridized carbons (Fsp3) is 0.619. The van der Waals surface area contributed by atoms with Crippen molar-refractivity contribution in [2.45, 2.75) is 27.3 Å². The van der Waals surface area contributed by atoms with Crippen LogP contribution in [0.1, 0.15) is 26.3 Å². The summed E-state index contributed by atoms with van der Waals surface area (Å²) in [5.74, 6) is 0.867. The normalized spacial score (nSPS) is 14.2. The van der Waals surface area contributed by atoms with Crippen molar-refractivity contribution in [3.05, 3.63) is 29.8 Å². The number of halogens is 1. The summed E-state index contributed by atoms with van der Waals surface area (Å²) in [5.41, 5.74) is 2.40. The Balaban J connectivity index is 0.00000420. The van der Waals surface area contributed by atoms with Gasteiger partial charge in [-0.15, -0.1) is 24.0 Å². The lowest BCUT2D eigenvalue weighted by Gasteiger charge is -2.30. The second kappa shape index (κ2) is 13.6. The maximum atomic E-state index is 12.4. The van der Waals surface area contributed by atoms with E-state index in [2.05, 4.69) is 34.5 Å². The molecule has 0 bridgehead atoms. The highest BCUT2D eigenvalue weighted by atomic mass is 127. The van der Waals surface area contributed by atoms with Crippen molar-refractivity contribution in [2.24, 2.45) is 4.99 Å². The lowest BCUT2D eigenvalue weighted by molar-refractivity contribution is -0.131. The van der Waals surface area contributed by atoms with Gasteiger partial charge in [0.05, 0.1) is 26.3 Å². The van der Waals surface area contributed by atoms with Crippen molar-refractivity contribution in [1.29, 1.82) is 0 Å². The fourth-order valence-electron chi connectivity index (χ4n) is 3.34. The number of morpholine rings is 1. The number of carbonyl (C=O) groups is 1. The number of hydrogen-bond acceptors (Lipinski definition) is 4. The molecule has 164 valence electrons. The Morgan fingerprint density at radius 3 is 2.45 bits per heavy atom. The molecule has 0 spiro atoms. The van der Waals surface area contributed by atoms with Gasteiger partial charge >= 0.3 is 0 Å². The second-order valence-electron chi connectivity index (χ2n) is 6.82. The van der Waals surface area contributed by atoms with Crippen molar-refractivity contribution in [3.63, 3.8) is 0 Å². The molecule has 1 heterocycles. The molecule has 0 aliphatic carbocycles. The fourth-order valence-corrected chi connectivity index (χ4v) is 3.34. The van der Waals surface area contributed by atoms with Crippen LogP contribution in [-0.4, -0.2) is 81.2 Å². The molecule has 7 nitrogen and oxygen atoms in total. The van der Waals surface area contributed by atoms with Crippen LogP contribution in [0.25, 0.3) is 0 Å². The topological polar surface area (TPSA) is 60.4 Å². The van der Waals surface area contributed by atoms with E-state index in [1.165, 1.54) is 11.3 Å². The molecule has 1 aromatic rings. The number of hydrogen-bond donors (Lipinski definition) is 1. The first-order valence-electron chi connectivity index (χ1n) is 10.3. The zero-order valence-corrected chi connectivity index (χ0v) is 20.5. The summed E-state index contributed by atoms with van der Waals surface area (Å²) >= 11 is 0. The van der Waals surface area contributed by atoms with Crippen molar-refractivity contribution in [2.75, 3.05) is 64.4 Å². The standard InChI is InChI=1S/C21H35N5O2.HI/c1-5-22-21(24(4)17-20(27)25(6-2)7-3)23-16-18-10-8-9-11-19(18)26-12-14-28-15-13-26;/h8-11H,5-7,12-17H2,1-4H3,(H,22,23);1H. The molecule has 0 saturated carbocycles. The first-order chi connectivity index (χ1) is 13.6. The SMILES string of the molecule is CCNC(=NCc1ccccc1N1CCOCC1)N(C)CC(=O)N(CC)CC.I. The third-order valence-corrected chi connectivity index (χ3v) is 4.93. The summed E-state index contributed by atoms with van der Waals surface area (Å²) in [6.45, 7) is 12.5. The van der Waals surface area contributed by atoms with Crippen molar-refractivity contribution < 1.29 is 9.53 Å². The van der Waals surface area contributed by atoms with E-state index < -0.39 is 0 Å². The Hall–Kier alpha value is -1.55. The van der Waals surface area contributed by atoms with E-state index in [9.17, 15) is 4.79 Å². The van der Waals surface area contributed by atoms with Crippen LogP contribution in [0.15, 0.2) is 29.3 Å². The van der Waals surface area contributed by atoms with Gasteiger partial charge in [0, 0.05) is 45.5 Å². The largest absolute Gasteiger partial charge is 0.378 e. The number of nitrogens with one attached hydrogen (secondary N) is 1. The van der Waals surface area contributed by atoms with Crippen LogP contribution in [0.4, 0.5) is 5.69 Å². The molecule has 1 saturated heterocycles. The van der Waals surface area contributed by atoms with Crippen LogP contribution < -0.4 is 10.2 Å². The van der Waals surface area contributed by atoms with Crippen LogP contribution in [-0.2, 0) is 16.1 Å². The monoisotopic (exact) mass is 517 g/mol. The maximum Gasteiger partial charge on any atom is 0.242 e. The van der Waals surface area contributed by atoms with Crippen LogP contribution in [0, 0.1) is 0 Å². The van der Waals surface area contributed by atoms with E-state index in [0.717, 1.165) is 51.9 Å². The van der Waals surface area contributed by atoms with Gasteiger partial charge in [-0.05, 0) is 32.4 Å². The number of guanidine groups is 1. The van der Waals surface area contributed by atoms with Gasteiger partial charge in [0.1, 0.15) is 0 Å². The third-order valence-electron chi connectivity index (χ3n) is 4.93. The molecule has 29 heavy (non-hydrogen) atoms. The van der Waals surface area contributed by atoms with Crippen molar-refractivity contribution in [1.82, 2.24) is 15.1 Å². The zero-order valence-electron chi connectivity index (χ0n) is 18.2. The molecular weight excluding hydrogens is 481 g/mol. The highest BCUT2D eigenvalue weighted by Crippen LogP contribution is 2.22. The van der Waals surface area contributed by atoms with Gasteiger partial charge in [-0.3, -0.25) is 4.79 Å². The number of benzene rings is 1. The van der Waals surface area contributed by atoms with E-state index in [-0.39, 0.29) is 29.9 Å². The van der Waals surface area contributed by atoms with E-state index in [0.29, 0.717) is 13.1 Å². The Kier molecular flexibility index (Phi) is 12.0. The van der Waals surface area contributed by atoms with Crippen LogP contribution >= 0.6 is 24.0 Å². The third kappa shape index (κ3) is 7.65. The summed E-state index contributed by atoms with van der Waals surface area (Å²) in [5, 5.41) is 3.30. The minimum atomic E-state index is 0. The molecule has 0 unspecified atom stereocenters. The zero-order chi connectivity index (χ0) is 20.4. The van der Waals surface area contributed by atoms with E-state index in [4.69, 9.17) is 9.73 Å². The van der Waals surface area contributed by atoms with Gasteiger partial charge in [0.15, 0.2) is 5.96 Å². The average molecular weight is 517 g/mol. The Morgan fingerprint density at radius 1 is 1.17 bits per heavy atom. The van der Waals surface area contributed by atoms with E-state index in [1.807, 2.05) is 37.6 Å². The van der Waals surface area contributed by atoms with E-state index >= 15 is 0 Å². The number of nitrogens with zero attached hydrogens (tertiary/aromatic N) is 4.